The van der Waals surface area contributed by atoms with E-state index < -0.39 is 0 Å². The Morgan fingerprint density at radius 3 is 2.45 bits per heavy atom. The Labute approximate surface area is 134 Å². The van der Waals surface area contributed by atoms with Crippen molar-refractivity contribution in [2.45, 2.75) is 45.4 Å². The van der Waals surface area contributed by atoms with E-state index in [0.29, 0.717) is 19.2 Å². The summed E-state index contributed by atoms with van der Waals surface area (Å²) in [6.45, 7) is 7.26. The fraction of sp³-hybridized carbons (Fsp3) is 0.611. The molecule has 0 bridgehead atoms. The molecule has 22 heavy (non-hydrogen) atoms. The predicted molar refractivity (Wildman–Crippen MR) is 88.6 cm³/mol. The van der Waals surface area contributed by atoms with E-state index >= 15 is 0 Å². The molecule has 122 valence electrons. The molecule has 0 spiro atoms. The third-order valence-corrected chi connectivity index (χ3v) is 4.37. The molecule has 1 aliphatic rings. The number of nitrogens with zero attached hydrogens (tertiary/aromatic N) is 2. The zero-order valence-electron chi connectivity index (χ0n) is 14.0. The minimum atomic E-state index is 0.212. The first-order chi connectivity index (χ1) is 10.6. The van der Waals surface area contributed by atoms with Gasteiger partial charge in [-0.2, -0.15) is 0 Å². The molecule has 0 unspecified atom stereocenters. The van der Waals surface area contributed by atoms with Crippen LogP contribution in [0.25, 0.3) is 0 Å². The van der Waals surface area contributed by atoms with Crippen LogP contribution in [0, 0.1) is 0 Å². The van der Waals surface area contributed by atoms with Crippen molar-refractivity contribution < 1.29 is 9.53 Å². The number of ether oxygens (including phenoxy) is 1. The van der Waals surface area contributed by atoms with Crippen molar-refractivity contribution in [1.29, 1.82) is 0 Å². The molecule has 0 aliphatic carbocycles. The van der Waals surface area contributed by atoms with E-state index in [-0.39, 0.29) is 11.9 Å². The zero-order chi connectivity index (χ0) is 15.9. The Morgan fingerprint density at radius 2 is 1.91 bits per heavy atom. The summed E-state index contributed by atoms with van der Waals surface area (Å²) in [6, 6.07) is 10.4. The van der Waals surface area contributed by atoms with Crippen molar-refractivity contribution in [1.82, 2.24) is 9.80 Å². The van der Waals surface area contributed by atoms with Crippen LogP contribution in [0.5, 0.6) is 0 Å². The van der Waals surface area contributed by atoms with E-state index in [0.717, 1.165) is 25.9 Å². The van der Waals surface area contributed by atoms with E-state index in [1.165, 1.54) is 5.56 Å². The number of piperidine rings is 1. The molecule has 4 nitrogen and oxygen atoms in total. The van der Waals surface area contributed by atoms with Gasteiger partial charge < -0.3 is 9.64 Å². The van der Waals surface area contributed by atoms with Crippen LogP contribution in [0.3, 0.4) is 0 Å². The lowest BCUT2D eigenvalue weighted by Gasteiger charge is -2.34. The van der Waals surface area contributed by atoms with Gasteiger partial charge in [-0.15, -0.1) is 0 Å². The summed E-state index contributed by atoms with van der Waals surface area (Å²) in [4.78, 5) is 16.9. The number of amides is 1. The van der Waals surface area contributed by atoms with Gasteiger partial charge in [0.05, 0.1) is 12.6 Å². The molecule has 2 rings (SSSR count). The number of carbonyl (C=O) groups is 1. The molecule has 0 N–H and O–H groups in total. The van der Waals surface area contributed by atoms with Crippen LogP contribution in [-0.2, 0) is 16.1 Å². The lowest BCUT2D eigenvalue weighted by atomic mass is 10.1. The van der Waals surface area contributed by atoms with Crippen LogP contribution < -0.4 is 0 Å². The second-order valence-corrected chi connectivity index (χ2v) is 6.31. The highest BCUT2D eigenvalue weighted by molar-refractivity contribution is 5.78. The Morgan fingerprint density at radius 1 is 1.27 bits per heavy atom. The van der Waals surface area contributed by atoms with Crippen LogP contribution in [-0.4, -0.2) is 54.6 Å². The van der Waals surface area contributed by atoms with Crippen molar-refractivity contribution >= 4 is 5.91 Å². The first-order valence-corrected chi connectivity index (χ1v) is 8.18. The SMILES string of the molecule is COC1CCN(CC(=O)N(Cc2ccccc2)C(C)C)CC1. The number of carbonyl (C=O) groups excluding carboxylic acids is 1. The summed E-state index contributed by atoms with van der Waals surface area (Å²) >= 11 is 0. The maximum Gasteiger partial charge on any atom is 0.237 e. The quantitative estimate of drug-likeness (QED) is 0.809. The Bertz CT molecular complexity index is 453. The smallest absolute Gasteiger partial charge is 0.237 e. The minimum absolute atomic E-state index is 0.212. The highest BCUT2D eigenvalue weighted by Crippen LogP contribution is 2.14. The molecular weight excluding hydrogens is 276 g/mol. The maximum atomic E-state index is 12.7. The number of benzene rings is 1. The number of hydrogen-bond donors (Lipinski definition) is 0. The van der Waals surface area contributed by atoms with Crippen LogP contribution >= 0.6 is 0 Å². The summed E-state index contributed by atoms with van der Waals surface area (Å²) in [5.41, 5.74) is 1.18. The molecule has 1 amide bonds. The van der Waals surface area contributed by atoms with Gasteiger partial charge in [0, 0.05) is 32.8 Å². The average molecular weight is 304 g/mol. The summed E-state index contributed by atoms with van der Waals surface area (Å²) in [6.07, 6.45) is 2.39. The largest absolute Gasteiger partial charge is 0.381 e. The molecule has 1 fully saturated rings. The number of likely N-dealkylation sites (tertiary alicyclic amines) is 1. The standard InChI is InChI=1S/C18H28N2O2/c1-15(2)20(13-16-7-5-4-6-8-16)18(21)14-19-11-9-17(22-3)10-12-19/h4-8,15,17H,9-14H2,1-3H3. The summed E-state index contributed by atoms with van der Waals surface area (Å²) in [5.74, 6) is 0.217. The fourth-order valence-corrected chi connectivity index (χ4v) is 2.92. The third-order valence-electron chi connectivity index (χ3n) is 4.37. The van der Waals surface area contributed by atoms with Crippen LogP contribution in [0.1, 0.15) is 32.3 Å². The molecule has 1 saturated heterocycles. The highest BCUT2D eigenvalue weighted by atomic mass is 16.5. The van der Waals surface area contributed by atoms with Crippen molar-refractivity contribution in [3.8, 4) is 0 Å². The van der Waals surface area contributed by atoms with Gasteiger partial charge in [-0.1, -0.05) is 30.3 Å². The van der Waals surface area contributed by atoms with Crippen LogP contribution in [0.2, 0.25) is 0 Å². The van der Waals surface area contributed by atoms with Crippen molar-refractivity contribution in [2.24, 2.45) is 0 Å². The first-order valence-electron chi connectivity index (χ1n) is 8.18. The van der Waals surface area contributed by atoms with Gasteiger partial charge in [0.15, 0.2) is 0 Å². The molecule has 0 radical (unpaired) electrons. The van der Waals surface area contributed by atoms with Crippen LogP contribution in [0.15, 0.2) is 30.3 Å². The van der Waals surface area contributed by atoms with Crippen molar-refractivity contribution in [3.63, 3.8) is 0 Å². The van der Waals surface area contributed by atoms with E-state index in [1.54, 1.807) is 7.11 Å². The lowest BCUT2D eigenvalue weighted by Crippen LogP contribution is -2.46. The van der Waals surface area contributed by atoms with Gasteiger partial charge >= 0.3 is 0 Å². The summed E-state index contributed by atoms with van der Waals surface area (Å²) in [5, 5.41) is 0. The zero-order valence-corrected chi connectivity index (χ0v) is 14.0. The lowest BCUT2D eigenvalue weighted by molar-refractivity contribution is -0.135. The van der Waals surface area contributed by atoms with E-state index in [9.17, 15) is 4.79 Å². The van der Waals surface area contributed by atoms with Crippen molar-refractivity contribution in [2.75, 3.05) is 26.7 Å². The monoisotopic (exact) mass is 304 g/mol. The van der Waals surface area contributed by atoms with Gasteiger partial charge in [0.25, 0.3) is 0 Å². The maximum absolute atomic E-state index is 12.7. The van der Waals surface area contributed by atoms with Gasteiger partial charge in [0.1, 0.15) is 0 Å². The van der Waals surface area contributed by atoms with Gasteiger partial charge in [0.2, 0.25) is 5.91 Å². The number of methoxy groups -OCH3 is 1. The molecule has 0 aromatic heterocycles. The van der Waals surface area contributed by atoms with Gasteiger partial charge in [-0.05, 0) is 32.3 Å². The second-order valence-electron chi connectivity index (χ2n) is 6.31. The minimum Gasteiger partial charge on any atom is -0.381 e. The topological polar surface area (TPSA) is 32.8 Å². The second kappa shape index (κ2) is 8.30. The average Bonchev–Trinajstić information content (AvgIpc) is 2.54. The van der Waals surface area contributed by atoms with Crippen LogP contribution in [0.4, 0.5) is 0 Å². The van der Waals surface area contributed by atoms with Gasteiger partial charge in [-0.25, -0.2) is 0 Å². The molecule has 1 aromatic carbocycles. The first kappa shape index (κ1) is 17.0. The van der Waals surface area contributed by atoms with E-state index in [1.807, 2.05) is 23.1 Å². The third kappa shape index (κ3) is 4.82. The molecule has 1 aliphatic heterocycles. The summed E-state index contributed by atoms with van der Waals surface area (Å²) < 4.78 is 5.39. The molecule has 4 heteroatoms. The Hall–Kier alpha value is -1.39. The van der Waals surface area contributed by atoms with E-state index in [2.05, 4.69) is 30.9 Å². The van der Waals surface area contributed by atoms with Gasteiger partial charge in [-0.3, -0.25) is 9.69 Å². The van der Waals surface area contributed by atoms with E-state index in [4.69, 9.17) is 4.74 Å². The molecule has 1 heterocycles. The fourth-order valence-electron chi connectivity index (χ4n) is 2.92. The number of rotatable bonds is 6. The molecule has 0 atom stereocenters. The predicted octanol–water partition coefficient (Wildman–Crippen LogP) is 2.53. The normalized spacial score (nSPS) is 16.9. The summed E-state index contributed by atoms with van der Waals surface area (Å²) in [7, 11) is 1.77. The number of hydrogen-bond acceptors (Lipinski definition) is 3. The molecular formula is C18H28N2O2. The van der Waals surface area contributed by atoms with Crippen molar-refractivity contribution in [3.05, 3.63) is 35.9 Å². The molecule has 0 saturated carbocycles. The Kier molecular flexibility index (Phi) is 6.40. The molecule has 1 aromatic rings. The highest BCUT2D eigenvalue weighted by Gasteiger charge is 2.24. The Balaban J connectivity index is 1.90.